The van der Waals surface area contributed by atoms with Crippen LogP contribution in [0.2, 0.25) is 0 Å². The minimum Gasteiger partial charge on any atom is -0.451 e. The number of nitrogens with one attached hydrogen (secondary N) is 1. The minimum atomic E-state index is -0.475. The smallest absolute Gasteiger partial charge is 0.407 e. The van der Waals surface area contributed by atoms with Crippen molar-refractivity contribution in [3.63, 3.8) is 0 Å². The molecule has 0 radical (unpaired) electrons. The number of hydrogen-bond donors (Lipinski definition) is 1. The number of hydrogen-bond acceptors (Lipinski definition) is 7. The van der Waals surface area contributed by atoms with Crippen molar-refractivity contribution in [2.24, 2.45) is 11.3 Å². The highest BCUT2D eigenvalue weighted by Gasteiger charge is 2.44. The molecular formula is C38H50FN5O3. The highest BCUT2D eigenvalue weighted by atomic mass is 19.1. The van der Waals surface area contributed by atoms with Crippen LogP contribution in [0.15, 0.2) is 55.0 Å². The summed E-state index contributed by atoms with van der Waals surface area (Å²) in [5.74, 6) is 2.61. The van der Waals surface area contributed by atoms with E-state index in [1.165, 1.54) is 12.5 Å². The second-order valence-electron chi connectivity index (χ2n) is 15.2. The molecule has 1 spiro atoms. The Morgan fingerprint density at radius 2 is 1.79 bits per heavy atom. The zero-order valence-electron chi connectivity index (χ0n) is 28.6. The Hall–Kier alpha value is -3.72. The molecule has 2 aliphatic heterocycles. The number of benzene rings is 2. The number of alkyl carbamates (subject to hydrolysis) is 1. The molecule has 3 aliphatic rings. The quantitative estimate of drug-likeness (QED) is 0.265. The van der Waals surface area contributed by atoms with Gasteiger partial charge in [0, 0.05) is 43.2 Å². The van der Waals surface area contributed by atoms with Gasteiger partial charge in [0.15, 0.2) is 11.6 Å². The first-order valence-corrected chi connectivity index (χ1v) is 17.3. The van der Waals surface area contributed by atoms with E-state index in [1.807, 2.05) is 39.0 Å². The van der Waals surface area contributed by atoms with Crippen molar-refractivity contribution >= 4 is 11.9 Å². The summed E-state index contributed by atoms with van der Waals surface area (Å²) >= 11 is 0. The fourth-order valence-corrected chi connectivity index (χ4v) is 7.75. The first-order valence-electron chi connectivity index (χ1n) is 17.3. The van der Waals surface area contributed by atoms with Gasteiger partial charge in [0.2, 0.25) is 0 Å². The lowest BCUT2D eigenvalue weighted by Crippen LogP contribution is -2.42. The third kappa shape index (κ3) is 8.06. The zero-order valence-corrected chi connectivity index (χ0v) is 28.6. The minimum absolute atomic E-state index is 0.203. The molecule has 9 heteroatoms. The molecule has 1 atom stereocenters. The molecular weight excluding hydrogens is 593 g/mol. The Balaban J connectivity index is 1.08. The number of aromatic nitrogens is 2. The van der Waals surface area contributed by atoms with Gasteiger partial charge in [-0.05, 0) is 107 Å². The van der Waals surface area contributed by atoms with Crippen LogP contribution in [0.3, 0.4) is 0 Å². The van der Waals surface area contributed by atoms with E-state index in [2.05, 4.69) is 40.0 Å². The van der Waals surface area contributed by atoms with Gasteiger partial charge in [0.25, 0.3) is 0 Å². The van der Waals surface area contributed by atoms with Crippen molar-refractivity contribution in [2.45, 2.75) is 90.7 Å². The molecule has 3 aromatic rings. The summed E-state index contributed by atoms with van der Waals surface area (Å²) in [6, 6.07) is 13.0. The summed E-state index contributed by atoms with van der Waals surface area (Å²) < 4.78 is 26.6. The topological polar surface area (TPSA) is 79.8 Å². The Bertz CT molecular complexity index is 1550. The first kappa shape index (κ1) is 33.2. The molecule has 0 bridgehead atoms. The fourth-order valence-electron chi connectivity index (χ4n) is 7.75. The van der Waals surface area contributed by atoms with Crippen LogP contribution in [0, 0.1) is 17.2 Å². The molecule has 3 fully saturated rings. The average molecular weight is 644 g/mol. The fraction of sp³-hybridized carbons (Fsp3) is 0.553. The molecule has 8 nitrogen and oxygen atoms in total. The van der Waals surface area contributed by atoms with E-state index in [-0.39, 0.29) is 29.3 Å². The molecule has 1 aliphatic carbocycles. The maximum atomic E-state index is 14.6. The van der Waals surface area contributed by atoms with Crippen molar-refractivity contribution in [2.75, 3.05) is 37.6 Å². The molecule has 3 heterocycles. The number of carbonyl (C=O) groups excluding carboxylic acids is 1. The average Bonchev–Trinajstić information content (AvgIpc) is 3.63. The second kappa shape index (κ2) is 13.8. The van der Waals surface area contributed by atoms with Crippen LogP contribution in [0.25, 0.3) is 11.1 Å². The molecule has 1 amide bonds. The number of ether oxygens (including phenoxy) is 2. The Morgan fingerprint density at radius 1 is 1.02 bits per heavy atom. The van der Waals surface area contributed by atoms with Gasteiger partial charge >= 0.3 is 6.09 Å². The molecule has 2 saturated heterocycles. The molecule has 1 aromatic heterocycles. The Morgan fingerprint density at radius 3 is 2.55 bits per heavy atom. The van der Waals surface area contributed by atoms with Crippen molar-refractivity contribution in [1.82, 2.24) is 20.2 Å². The summed E-state index contributed by atoms with van der Waals surface area (Å²) in [5.41, 5.74) is 2.59. The lowest BCUT2D eigenvalue weighted by molar-refractivity contribution is 0.0484. The maximum absolute atomic E-state index is 14.6. The van der Waals surface area contributed by atoms with Gasteiger partial charge < -0.3 is 24.6 Å². The predicted octanol–water partition coefficient (Wildman–Crippen LogP) is 8.18. The monoisotopic (exact) mass is 643 g/mol. The molecule has 1 unspecified atom stereocenters. The molecule has 1 saturated carbocycles. The Kier molecular flexibility index (Phi) is 9.74. The summed E-state index contributed by atoms with van der Waals surface area (Å²) in [7, 11) is 0. The van der Waals surface area contributed by atoms with Crippen LogP contribution in [0.1, 0.15) is 84.6 Å². The van der Waals surface area contributed by atoms with Gasteiger partial charge in [-0.1, -0.05) is 38.1 Å². The van der Waals surface area contributed by atoms with E-state index in [4.69, 9.17) is 14.5 Å². The van der Waals surface area contributed by atoms with Gasteiger partial charge in [-0.25, -0.2) is 19.2 Å². The van der Waals surface area contributed by atoms with Crippen LogP contribution in [0.4, 0.5) is 15.0 Å². The second-order valence-corrected chi connectivity index (χ2v) is 15.2. The predicted molar refractivity (Wildman–Crippen MR) is 183 cm³/mol. The number of halogens is 1. The normalized spacial score (nSPS) is 23.4. The first-order chi connectivity index (χ1) is 22.5. The lowest BCUT2D eigenvalue weighted by Gasteiger charge is -2.32. The molecule has 6 rings (SSSR count). The molecule has 47 heavy (non-hydrogen) atoms. The van der Waals surface area contributed by atoms with Crippen molar-refractivity contribution in [1.29, 1.82) is 0 Å². The summed E-state index contributed by atoms with van der Waals surface area (Å²) in [4.78, 5) is 26.2. The van der Waals surface area contributed by atoms with Crippen LogP contribution < -0.4 is 15.0 Å². The molecule has 252 valence electrons. The van der Waals surface area contributed by atoms with Crippen molar-refractivity contribution in [3.8, 4) is 22.6 Å². The highest BCUT2D eigenvalue weighted by molar-refractivity contribution is 5.75. The SMILES string of the molecule is CC(C)c1ccccc1-c1cc(F)ccc1Oc1cncnc1N1CCC2(CCN(C[C@H]3CC[C@H](NC(=O)OC(C)(C)C)CC3)C2)C1. The lowest BCUT2D eigenvalue weighted by atomic mass is 9.85. The van der Waals surface area contributed by atoms with Gasteiger partial charge in [0.05, 0.1) is 6.20 Å². The number of amides is 1. The summed E-state index contributed by atoms with van der Waals surface area (Å²) in [5, 5.41) is 3.07. The Labute approximate surface area is 279 Å². The molecule has 2 aromatic carbocycles. The van der Waals surface area contributed by atoms with Crippen LogP contribution >= 0.6 is 0 Å². The highest BCUT2D eigenvalue weighted by Crippen LogP contribution is 2.45. The van der Waals surface area contributed by atoms with E-state index < -0.39 is 5.60 Å². The van der Waals surface area contributed by atoms with E-state index in [1.54, 1.807) is 24.7 Å². The van der Waals surface area contributed by atoms with Gasteiger partial charge in [0.1, 0.15) is 23.5 Å². The number of anilines is 1. The van der Waals surface area contributed by atoms with Crippen molar-refractivity contribution < 1.29 is 18.7 Å². The largest absolute Gasteiger partial charge is 0.451 e. The third-order valence-electron chi connectivity index (χ3n) is 10.0. The number of likely N-dealkylation sites (tertiary alicyclic amines) is 1. The van der Waals surface area contributed by atoms with Crippen LogP contribution in [-0.2, 0) is 4.74 Å². The standard InChI is InChI=1S/C38H50FN5O3/c1-26(2)30-8-6-7-9-31(30)32-20-28(39)12-15-33(32)46-34-21-40-25-41-35(34)44-19-17-38(24-44)16-18-43(23-38)22-27-10-13-29(14-11-27)42-36(45)47-37(3,4)5/h6-9,12,15,20-21,25-27,29H,10-11,13-14,16-19,22-24H2,1-5H3,(H,42,45)/t27-,29-,38?. The summed E-state index contributed by atoms with van der Waals surface area (Å²) in [6.45, 7) is 15.1. The van der Waals surface area contributed by atoms with Crippen molar-refractivity contribution in [3.05, 3.63) is 66.4 Å². The van der Waals surface area contributed by atoms with E-state index >= 15 is 0 Å². The van der Waals surface area contributed by atoms with Gasteiger partial charge in [-0.2, -0.15) is 0 Å². The van der Waals surface area contributed by atoms with Gasteiger partial charge in [-0.15, -0.1) is 0 Å². The maximum Gasteiger partial charge on any atom is 0.407 e. The molecule has 1 N–H and O–H groups in total. The third-order valence-corrected chi connectivity index (χ3v) is 10.0. The van der Waals surface area contributed by atoms with E-state index in [0.717, 1.165) is 87.3 Å². The number of rotatable bonds is 8. The summed E-state index contributed by atoms with van der Waals surface area (Å²) in [6.07, 6.45) is 9.57. The van der Waals surface area contributed by atoms with Crippen LogP contribution in [-0.4, -0.2) is 65.3 Å². The number of carbonyl (C=O) groups is 1. The van der Waals surface area contributed by atoms with Gasteiger partial charge in [-0.3, -0.25) is 0 Å². The van der Waals surface area contributed by atoms with E-state index in [9.17, 15) is 9.18 Å². The van der Waals surface area contributed by atoms with Crippen LogP contribution in [0.5, 0.6) is 11.5 Å². The zero-order chi connectivity index (χ0) is 33.2. The number of nitrogens with zero attached hydrogens (tertiary/aromatic N) is 4. The van der Waals surface area contributed by atoms with E-state index in [0.29, 0.717) is 17.4 Å².